The first-order chi connectivity index (χ1) is 8.39. The van der Waals surface area contributed by atoms with Gasteiger partial charge in [-0.25, -0.2) is 19.4 Å². The summed E-state index contributed by atoms with van der Waals surface area (Å²) in [6.45, 7) is 0. The van der Waals surface area contributed by atoms with Crippen LogP contribution in [0, 0.1) is 0 Å². The maximum absolute atomic E-state index is 12.7. The third-order valence-corrected chi connectivity index (χ3v) is 1.99. The van der Waals surface area contributed by atoms with Crippen molar-refractivity contribution >= 4 is 5.97 Å². The van der Waals surface area contributed by atoms with E-state index in [-0.39, 0.29) is 0 Å². The number of hydrogen-bond acceptors (Lipinski definition) is 4. The van der Waals surface area contributed by atoms with Gasteiger partial charge in [0.25, 0.3) is 5.82 Å². The summed E-state index contributed by atoms with van der Waals surface area (Å²) < 4.78 is 38.7. The number of nitrogens with zero attached hydrogens (tertiary/aromatic N) is 4. The van der Waals surface area contributed by atoms with E-state index >= 15 is 0 Å². The van der Waals surface area contributed by atoms with Crippen LogP contribution in [0.4, 0.5) is 13.2 Å². The summed E-state index contributed by atoms with van der Waals surface area (Å²) in [7, 11) is 0. The topological polar surface area (TPSA) is 80.9 Å². The Bertz CT molecular complexity index is 593. The quantitative estimate of drug-likeness (QED) is 0.880. The van der Waals surface area contributed by atoms with Crippen molar-refractivity contribution < 1.29 is 23.1 Å². The third-order valence-electron chi connectivity index (χ3n) is 1.99. The maximum atomic E-state index is 12.7. The number of halogens is 3. The highest BCUT2D eigenvalue weighted by atomic mass is 19.4. The number of aromatic nitrogens is 4. The van der Waals surface area contributed by atoms with E-state index in [1.165, 1.54) is 0 Å². The number of rotatable bonds is 2. The molecule has 2 aromatic rings. The van der Waals surface area contributed by atoms with E-state index < -0.39 is 29.4 Å². The number of aromatic carboxylic acids is 1. The summed E-state index contributed by atoms with van der Waals surface area (Å²) in [5.74, 6) is -2.56. The van der Waals surface area contributed by atoms with Crippen molar-refractivity contribution in [2.45, 2.75) is 6.18 Å². The van der Waals surface area contributed by atoms with Crippen LogP contribution in [-0.4, -0.2) is 30.8 Å². The molecule has 0 aliphatic carbocycles. The standard InChI is InChI=1S/C9H5F3N4O2/c10-9(11,12)5-2-1-3-13-7(5)16-4-14-6(15-16)8(17)18/h1-4H,(H,17,18). The molecule has 2 rings (SSSR count). The molecule has 18 heavy (non-hydrogen) atoms. The monoisotopic (exact) mass is 258 g/mol. The normalized spacial score (nSPS) is 11.5. The Balaban J connectivity index is 2.53. The van der Waals surface area contributed by atoms with Gasteiger partial charge < -0.3 is 5.11 Å². The van der Waals surface area contributed by atoms with Crippen molar-refractivity contribution in [1.29, 1.82) is 0 Å². The van der Waals surface area contributed by atoms with Gasteiger partial charge in [-0.2, -0.15) is 13.2 Å². The summed E-state index contributed by atoms with van der Waals surface area (Å²) in [4.78, 5) is 17.4. The molecule has 0 saturated carbocycles. The largest absolute Gasteiger partial charge is 0.475 e. The van der Waals surface area contributed by atoms with Crippen molar-refractivity contribution in [3.8, 4) is 5.82 Å². The predicted molar refractivity (Wildman–Crippen MR) is 51.1 cm³/mol. The molecule has 0 atom stereocenters. The molecular formula is C9H5F3N4O2. The molecule has 2 heterocycles. The Labute approximate surface area is 97.7 Å². The number of carboxylic acid groups (broad SMARTS) is 1. The van der Waals surface area contributed by atoms with Crippen LogP contribution in [0.5, 0.6) is 0 Å². The van der Waals surface area contributed by atoms with Crippen molar-refractivity contribution in [3.63, 3.8) is 0 Å². The SMILES string of the molecule is O=C(O)c1ncn(-c2ncccc2C(F)(F)F)n1. The molecule has 0 fully saturated rings. The second kappa shape index (κ2) is 4.09. The molecule has 0 amide bonds. The summed E-state index contributed by atoms with van der Waals surface area (Å²) in [6, 6.07) is 1.95. The first-order valence-corrected chi connectivity index (χ1v) is 4.57. The smallest absolute Gasteiger partial charge is 0.420 e. The number of hydrogen-bond donors (Lipinski definition) is 1. The van der Waals surface area contributed by atoms with Crippen molar-refractivity contribution in [1.82, 2.24) is 19.7 Å². The minimum Gasteiger partial charge on any atom is -0.475 e. The van der Waals surface area contributed by atoms with Gasteiger partial charge in [0.1, 0.15) is 11.9 Å². The van der Waals surface area contributed by atoms with Crippen LogP contribution in [0.2, 0.25) is 0 Å². The molecule has 6 nitrogen and oxygen atoms in total. The molecule has 0 saturated heterocycles. The summed E-state index contributed by atoms with van der Waals surface area (Å²) in [6.07, 6.45) is -2.60. The van der Waals surface area contributed by atoms with Crippen LogP contribution in [-0.2, 0) is 6.18 Å². The predicted octanol–water partition coefficient (Wildman–Crippen LogP) is 1.38. The van der Waals surface area contributed by atoms with E-state index in [0.29, 0.717) is 4.68 Å². The average Bonchev–Trinajstić information content (AvgIpc) is 2.77. The van der Waals surface area contributed by atoms with E-state index in [4.69, 9.17) is 5.11 Å². The fraction of sp³-hybridized carbons (Fsp3) is 0.111. The number of alkyl halides is 3. The molecule has 2 aromatic heterocycles. The van der Waals surface area contributed by atoms with E-state index in [1.807, 2.05) is 0 Å². The number of carbonyl (C=O) groups is 1. The van der Waals surface area contributed by atoms with Crippen LogP contribution >= 0.6 is 0 Å². The van der Waals surface area contributed by atoms with Crippen molar-refractivity contribution in [3.05, 3.63) is 36.0 Å². The lowest BCUT2D eigenvalue weighted by Crippen LogP contribution is -2.13. The Hall–Kier alpha value is -2.45. The van der Waals surface area contributed by atoms with Gasteiger partial charge in [-0.3, -0.25) is 0 Å². The fourth-order valence-electron chi connectivity index (χ4n) is 1.26. The highest BCUT2D eigenvalue weighted by Gasteiger charge is 2.35. The van der Waals surface area contributed by atoms with Crippen LogP contribution in [0.15, 0.2) is 24.7 Å². The Morgan fingerprint density at radius 3 is 2.61 bits per heavy atom. The number of pyridine rings is 1. The second-order valence-electron chi connectivity index (χ2n) is 3.19. The van der Waals surface area contributed by atoms with E-state index in [9.17, 15) is 18.0 Å². The van der Waals surface area contributed by atoms with Gasteiger partial charge in [-0.1, -0.05) is 0 Å². The Morgan fingerprint density at radius 1 is 1.33 bits per heavy atom. The van der Waals surface area contributed by atoms with E-state index in [2.05, 4.69) is 15.1 Å². The first-order valence-electron chi connectivity index (χ1n) is 4.57. The zero-order valence-electron chi connectivity index (χ0n) is 8.59. The van der Waals surface area contributed by atoms with Crippen molar-refractivity contribution in [2.24, 2.45) is 0 Å². The zero-order chi connectivity index (χ0) is 13.3. The molecule has 0 aliphatic rings. The molecule has 94 valence electrons. The summed E-state index contributed by atoms with van der Waals surface area (Å²) in [5.41, 5.74) is -1.02. The third kappa shape index (κ3) is 2.14. The Kier molecular flexibility index (Phi) is 2.73. The second-order valence-corrected chi connectivity index (χ2v) is 3.19. The van der Waals surface area contributed by atoms with E-state index in [1.54, 1.807) is 0 Å². The molecule has 0 aliphatic heterocycles. The Morgan fingerprint density at radius 2 is 2.06 bits per heavy atom. The molecule has 1 N–H and O–H groups in total. The van der Waals surface area contributed by atoms with Gasteiger partial charge in [0.2, 0.25) is 0 Å². The lowest BCUT2D eigenvalue weighted by atomic mass is 10.2. The minimum atomic E-state index is -4.61. The maximum Gasteiger partial charge on any atom is 0.420 e. The average molecular weight is 258 g/mol. The van der Waals surface area contributed by atoms with Gasteiger partial charge >= 0.3 is 12.1 Å². The van der Waals surface area contributed by atoms with E-state index in [0.717, 1.165) is 24.7 Å². The van der Waals surface area contributed by atoms with Crippen LogP contribution in [0.1, 0.15) is 16.2 Å². The van der Waals surface area contributed by atoms with Crippen LogP contribution < -0.4 is 0 Å². The molecule has 0 bridgehead atoms. The molecule has 0 unspecified atom stereocenters. The van der Waals surface area contributed by atoms with Gasteiger partial charge in [-0.15, -0.1) is 5.10 Å². The van der Waals surface area contributed by atoms with Gasteiger partial charge in [0, 0.05) is 6.20 Å². The molecule has 9 heteroatoms. The lowest BCUT2D eigenvalue weighted by molar-refractivity contribution is -0.137. The molecule has 0 aromatic carbocycles. The fourth-order valence-corrected chi connectivity index (χ4v) is 1.26. The van der Waals surface area contributed by atoms with Crippen LogP contribution in [0.3, 0.4) is 0 Å². The van der Waals surface area contributed by atoms with Gasteiger partial charge in [0.15, 0.2) is 5.82 Å². The molecular weight excluding hydrogens is 253 g/mol. The summed E-state index contributed by atoms with van der Waals surface area (Å²) >= 11 is 0. The zero-order valence-corrected chi connectivity index (χ0v) is 8.59. The highest BCUT2D eigenvalue weighted by Crippen LogP contribution is 2.32. The molecule has 0 spiro atoms. The minimum absolute atomic E-state index is 0.523. The summed E-state index contributed by atoms with van der Waals surface area (Å²) in [5, 5.41) is 12.0. The van der Waals surface area contributed by atoms with Crippen LogP contribution in [0.25, 0.3) is 5.82 Å². The van der Waals surface area contributed by atoms with Gasteiger partial charge in [-0.05, 0) is 12.1 Å². The lowest BCUT2D eigenvalue weighted by Gasteiger charge is -2.10. The first kappa shape index (κ1) is 12.0. The van der Waals surface area contributed by atoms with Crippen molar-refractivity contribution in [2.75, 3.05) is 0 Å². The number of carboxylic acids is 1. The molecule has 0 radical (unpaired) electrons. The highest BCUT2D eigenvalue weighted by molar-refractivity contribution is 5.82. The van der Waals surface area contributed by atoms with Gasteiger partial charge in [0.05, 0.1) is 0 Å².